The summed E-state index contributed by atoms with van der Waals surface area (Å²) < 4.78 is 17.2. The molecule has 6 rings (SSSR count). The summed E-state index contributed by atoms with van der Waals surface area (Å²) in [6, 6.07) is 15.1. The predicted octanol–water partition coefficient (Wildman–Crippen LogP) is 5.27. The molecule has 34 heavy (non-hydrogen) atoms. The molecule has 3 aliphatic rings. The lowest BCUT2D eigenvalue weighted by Gasteiger charge is -2.51. The second kappa shape index (κ2) is 9.63. The molecule has 178 valence electrons. The van der Waals surface area contributed by atoms with Gasteiger partial charge in [0, 0.05) is 23.7 Å². The SMILES string of the molecule is CC[C@H]1CN2CC[C@H]1C[C@H]2[C@H](OC(=O)c1cccc(OC)c1)c1ccnc2ccc(OC)cc12. The maximum absolute atomic E-state index is 13.4. The van der Waals surface area contributed by atoms with E-state index in [4.69, 9.17) is 14.2 Å². The third-order valence-corrected chi connectivity index (χ3v) is 7.64. The van der Waals surface area contributed by atoms with Crippen LogP contribution in [-0.2, 0) is 4.74 Å². The first-order valence-corrected chi connectivity index (χ1v) is 12.1. The molecule has 0 radical (unpaired) electrons. The number of benzene rings is 2. The number of aromatic nitrogens is 1. The van der Waals surface area contributed by atoms with Gasteiger partial charge in [-0.05, 0) is 73.7 Å². The molecule has 6 nitrogen and oxygen atoms in total. The predicted molar refractivity (Wildman–Crippen MR) is 131 cm³/mol. The highest BCUT2D eigenvalue weighted by Crippen LogP contribution is 2.44. The molecule has 1 unspecified atom stereocenters. The molecule has 2 bridgehead atoms. The summed E-state index contributed by atoms with van der Waals surface area (Å²) in [6.07, 6.45) is 4.84. The van der Waals surface area contributed by atoms with E-state index in [2.05, 4.69) is 16.8 Å². The summed E-state index contributed by atoms with van der Waals surface area (Å²) in [5.74, 6) is 2.44. The highest BCUT2D eigenvalue weighted by Gasteiger charge is 2.44. The van der Waals surface area contributed by atoms with Crippen molar-refractivity contribution in [3.63, 3.8) is 0 Å². The molecule has 5 atom stereocenters. The van der Waals surface area contributed by atoms with Crippen LogP contribution >= 0.6 is 0 Å². The average Bonchev–Trinajstić information content (AvgIpc) is 2.91. The van der Waals surface area contributed by atoms with E-state index >= 15 is 0 Å². The molecule has 3 aliphatic heterocycles. The molecule has 3 saturated heterocycles. The Morgan fingerprint density at radius 1 is 1.12 bits per heavy atom. The molecule has 0 N–H and O–H groups in total. The molecular formula is C28H32N2O4. The molecule has 4 heterocycles. The van der Waals surface area contributed by atoms with Crippen molar-refractivity contribution in [2.24, 2.45) is 11.8 Å². The van der Waals surface area contributed by atoms with Crippen LogP contribution in [0.15, 0.2) is 54.7 Å². The van der Waals surface area contributed by atoms with Gasteiger partial charge in [-0.1, -0.05) is 19.4 Å². The van der Waals surface area contributed by atoms with E-state index in [0.717, 1.165) is 41.7 Å². The van der Waals surface area contributed by atoms with Crippen LogP contribution in [0.5, 0.6) is 11.5 Å². The van der Waals surface area contributed by atoms with Crippen LogP contribution in [0.2, 0.25) is 0 Å². The van der Waals surface area contributed by atoms with Gasteiger partial charge < -0.3 is 14.2 Å². The lowest BCUT2D eigenvalue weighted by molar-refractivity contribution is -0.0659. The minimum absolute atomic E-state index is 0.132. The molecule has 0 aliphatic carbocycles. The number of fused-ring (bicyclic) bond motifs is 4. The molecule has 6 heteroatoms. The van der Waals surface area contributed by atoms with Crippen molar-refractivity contribution in [1.29, 1.82) is 0 Å². The maximum Gasteiger partial charge on any atom is 0.338 e. The normalized spacial score (nSPS) is 24.6. The number of pyridine rings is 1. The molecular weight excluding hydrogens is 428 g/mol. The second-order valence-electron chi connectivity index (χ2n) is 9.36. The van der Waals surface area contributed by atoms with Gasteiger partial charge in [-0.3, -0.25) is 9.88 Å². The zero-order valence-corrected chi connectivity index (χ0v) is 20.1. The van der Waals surface area contributed by atoms with Gasteiger partial charge in [-0.2, -0.15) is 0 Å². The summed E-state index contributed by atoms with van der Waals surface area (Å²) in [5.41, 5.74) is 2.33. The number of esters is 1. The number of nitrogens with zero attached hydrogens (tertiary/aromatic N) is 2. The van der Waals surface area contributed by atoms with Crippen LogP contribution in [0.4, 0.5) is 0 Å². The van der Waals surface area contributed by atoms with Crippen LogP contribution in [0.25, 0.3) is 10.9 Å². The smallest absolute Gasteiger partial charge is 0.338 e. The Labute approximate surface area is 200 Å². The number of carbonyl (C=O) groups excluding carboxylic acids is 1. The lowest BCUT2D eigenvalue weighted by Crippen LogP contribution is -2.55. The first kappa shape index (κ1) is 22.7. The monoisotopic (exact) mass is 460 g/mol. The fraction of sp³-hybridized carbons (Fsp3) is 0.429. The van der Waals surface area contributed by atoms with Crippen molar-refractivity contribution in [1.82, 2.24) is 9.88 Å². The molecule has 2 aromatic carbocycles. The van der Waals surface area contributed by atoms with Crippen LogP contribution in [-0.4, -0.2) is 49.2 Å². The Hall–Kier alpha value is -3.12. The van der Waals surface area contributed by atoms with E-state index in [1.165, 1.54) is 12.8 Å². The molecule has 0 saturated carbocycles. The van der Waals surface area contributed by atoms with Crippen molar-refractivity contribution in [3.05, 3.63) is 65.9 Å². The Kier molecular flexibility index (Phi) is 6.42. The minimum Gasteiger partial charge on any atom is -0.497 e. The van der Waals surface area contributed by atoms with Crippen molar-refractivity contribution < 1.29 is 19.0 Å². The third kappa shape index (κ3) is 4.23. The van der Waals surface area contributed by atoms with Gasteiger partial charge in [0.1, 0.15) is 17.6 Å². The van der Waals surface area contributed by atoms with Gasteiger partial charge >= 0.3 is 5.97 Å². The van der Waals surface area contributed by atoms with Crippen molar-refractivity contribution in [2.45, 2.75) is 38.3 Å². The van der Waals surface area contributed by atoms with Crippen LogP contribution in [0.3, 0.4) is 0 Å². The van der Waals surface area contributed by atoms with Gasteiger partial charge in [-0.15, -0.1) is 0 Å². The molecule has 3 aromatic rings. The first-order chi connectivity index (χ1) is 16.6. The molecule has 0 spiro atoms. The summed E-state index contributed by atoms with van der Waals surface area (Å²) >= 11 is 0. The van der Waals surface area contributed by atoms with E-state index in [1.807, 2.05) is 42.6 Å². The number of piperidine rings is 3. The quantitative estimate of drug-likeness (QED) is 0.448. The van der Waals surface area contributed by atoms with Crippen LogP contribution in [0.1, 0.15) is 48.2 Å². The van der Waals surface area contributed by atoms with Crippen molar-refractivity contribution >= 4 is 16.9 Å². The summed E-state index contributed by atoms with van der Waals surface area (Å²) in [5, 5.41) is 0.958. The van der Waals surface area contributed by atoms with Gasteiger partial charge in [-0.25, -0.2) is 4.79 Å². The van der Waals surface area contributed by atoms with Crippen LogP contribution < -0.4 is 9.47 Å². The number of hydrogen-bond donors (Lipinski definition) is 0. The van der Waals surface area contributed by atoms with Crippen molar-refractivity contribution in [2.75, 3.05) is 27.3 Å². The Morgan fingerprint density at radius 3 is 2.68 bits per heavy atom. The number of hydrogen-bond acceptors (Lipinski definition) is 6. The molecule has 1 aromatic heterocycles. The number of rotatable bonds is 7. The molecule has 3 fully saturated rings. The highest BCUT2D eigenvalue weighted by molar-refractivity contribution is 5.90. The van der Waals surface area contributed by atoms with Gasteiger partial charge in [0.15, 0.2) is 0 Å². The zero-order chi connectivity index (χ0) is 23.7. The van der Waals surface area contributed by atoms with Crippen LogP contribution in [0, 0.1) is 11.8 Å². The number of ether oxygens (including phenoxy) is 3. The van der Waals surface area contributed by atoms with Crippen molar-refractivity contribution in [3.8, 4) is 11.5 Å². The van der Waals surface area contributed by atoms with Gasteiger partial charge in [0.25, 0.3) is 0 Å². The summed E-state index contributed by atoms with van der Waals surface area (Å²) in [7, 11) is 3.26. The lowest BCUT2D eigenvalue weighted by atomic mass is 9.72. The standard InChI is InChI=1S/C28H32N2O4/c1-4-18-17-30-13-11-19(18)15-26(30)27(34-28(31)20-6-5-7-21(14-20)32-2)23-10-12-29-25-9-8-22(33-3)16-24(23)25/h5-10,12,14,16,18-19,26-27H,4,11,13,15,17H2,1-3H3/t18-,19-,26-,27+/m0/s1. The molecule has 0 amide bonds. The maximum atomic E-state index is 13.4. The number of methoxy groups -OCH3 is 2. The van der Waals surface area contributed by atoms with Gasteiger partial charge in [0.05, 0.1) is 31.3 Å². The highest BCUT2D eigenvalue weighted by atomic mass is 16.5. The van der Waals surface area contributed by atoms with E-state index < -0.39 is 6.10 Å². The van der Waals surface area contributed by atoms with E-state index in [9.17, 15) is 4.79 Å². The number of carbonyl (C=O) groups is 1. The fourth-order valence-electron chi connectivity index (χ4n) is 5.76. The van der Waals surface area contributed by atoms with E-state index in [-0.39, 0.29) is 12.0 Å². The Bertz CT molecular complexity index is 1180. The zero-order valence-electron chi connectivity index (χ0n) is 20.1. The third-order valence-electron chi connectivity index (χ3n) is 7.64. The average molecular weight is 461 g/mol. The fourth-order valence-corrected chi connectivity index (χ4v) is 5.76. The van der Waals surface area contributed by atoms with Gasteiger partial charge in [0.2, 0.25) is 0 Å². The largest absolute Gasteiger partial charge is 0.497 e. The van der Waals surface area contributed by atoms with E-state index in [1.54, 1.807) is 26.4 Å². The second-order valence-corrected chi connectivity index (χ2v) is 9.36. The topological polar surface area (TPSA) is 60.9 Å². The van der Waals surface area contributed by atoms with E-state index in [0.29, 0.717) is 23.1 Å². The Balaban J connectivity index is 1.55. The Morgan fingerprint density at radius 2 is 1.94 bits per heavy atom. The summed E-state index contributed by atoms with van der Waals surface area (Å²) in [6.45, 7) is 4.39. The minimum atomic E-state index is -0.406. The first-order valence-electron chi connectivity index (χ1n) is 12.1. The summed E-state index contributed by atoms with van der Waals surface area (Å²) in [4.78, 5) is 20.5.